The van der Waals surface area contributed by atoms with Crippen molar-refractivity contribution in [2.45, 2.75) is 119 Å². The van der Waals surface area contributed by atoms with E-state index < -0.39 is 8.07 Å². The fourth-order valence-electron chi connectivity index (χ4n) is 12.2. The number of allylic oxidation sites excluding steroid dienone is 2. The van der Waals surface area contributed by atoms with E-state index in [0.717, 1.165) is 0 Å². The van der Waals surface area contributed by atoms with Crippen molar-refractivity contribution in [2.24, 2.45) is 0 Å². The number of rotatable bonds is 10. The smallest absolute Gasteiger partial charge is 0.240 e. The van der Waals surface area contributed by atoms with E-state index in [9.17, 15) is 0 Å². The van der Waals surface area contributed by atoms with Crippen LogP contribution in [0, 0.1) is 0 Å². The highest BCUT2D eigenvalue weighted by Gasteiger charge is 2.45. The van der Waals surface area contributed by atoms with Gasteiger partial charge >= 0.3 is 0 Å². The Morgan fingerprint density at radius 1 is 0.368 bits per heavy atom. The van der Waals surface area contributed by atoms with E-state index in [2.05, 4.69) is 251 Å². The Balaban J connectivity index is 1.20. The molecule has 0 aliphatic carbocycles. The fraction of sp³-hybridized carbons (Fsp3) is 0.281. The second-order valence-corrected chi connectivity index (χ2v) is 25.5. The minimum absolute atomic E-state index is 0.0872. The molecular weight excluding hydrogens is 832 g/mol. The van der Waals surface area contributed by atoms with Crippen molar-refractivity contribution < 1.29 is 0 Å². The Morgan fingerprint density at radius 2 is 0.750 bits per heavy atom. The first-order chi connectivity index (χ1) is 32.7. The van der Waals surface area contributed by atoms with Gasteiger partial charge in [-0.2, -0.15) is 0 Å². The third-order valence-corrected chi connectivity index (χ3v) is 19.8. The van der Waals surface area contributed by atoms with E-state index >= 15 is 0 Å². The van der Waals surface area contributed by atoms with Crippen molar-refractivity contribution in [2.75, 3.05) is 4.90 Å². The fourth-order valence-corrected chi connectivity index (χ4v) is 16.1. The van der Waals surface area contributed by atoms with Gasteiger partial charge in [0.1, 0.15) is 0 Å². The predicted molar refractivity (Wildman–Crippen MR) is 303 cm³/mol. The van der Waals surface area contributed by atoms with Crippen LogP contribution in [0.15, 0.2) is 163 Å². The van der Waals surface area contributed by atoms with Crippen LogP contribution in [0.25, 0.3) is 11.1 Å². The van der Waals surface area contributed by atoms with Gasteiger partial charge in [0.15, 0.2) is 8.07 Å². The van der Waals surface area contributed by atoms with Crippen LogP contribution in [-0.2, 0) is 0 Å². The van der Waals surface area contributed by atoms with Crippen molar-refractivity contribution in [1.29, 1.82) is 0 Å². The molecule has 0 unspecified atom stereocenters. The van der Waals surface area contributed by atoms with Gasteiger partial charge in [-0.3, -0.25) is 0 Å². The first-order valence-electron chi connectivity index (χ1n) is 25.7. The summed E-state index contributed by atoms with van der Waals surface area (Å²) in [6.07, 6.45) is 4.52. The lowest BCUT2D eigenvalue weighted by Gasteiger charge is -2.41. The van der Waals surface area contributed by atoms with Gasteiger partial charge in [0.05, 0.1) is 0 Å². The third kappa shape index (κ3) is 7.54. The number of nitrogens with zero attached hydrogens (tertiary/aromatic N) is 1. The van der Waals surface area contributed by atoms with Crippen LogP contribution in [0.3, 0.4) is 0 Å². The van der Waals surface area contributed by atoms with E-state index in [0.29, 0.717) is 35.5 Å². The maximum atomic E-state index is 2.61. The quantitative estimate of drug-likeness (QED) is 0.124. The summed E-state index contributed by atoms with van der Waals surface area (Å²) >= 11 is 0. The molecule has 0 atom stereocenters. The average Bonchev–Trinajstić information content (AvgIpc) is 3.83. The molecule has 0 bridgehead atoms. The zero-order chi connectivity index (χ0) is 47.8. The lowest BCUT2D eigenvalue weighted by atomic mass is 9.20. The summed E-state index contributed by atoms with van der Waals surface area (Å²) < 4.78 is 0. The Hall–Kier alpha value is -5.83. The molecule has 1 nitrogen and oxygen atoms in total. The van der Waals surface area contributed by atoms with Crippen molar-refractivity contribution in [3.8, 4) is 11.1 Å². The van der Waals surface area contributed by atoms with Crippen LogP contribution in [0.5, 0.6) is 0 Å². The Morgan fingerprint density at radius 3 is 1.18 bits per heavy atom. The summed E-state index contributed by atoms with van der Waals surface area (Å²) in [5, 5.41) is 2.90. The van der Waals surface area contributed by atoms with Crippen LogP contribution < -0.4 is 48.1 Å². The van der Waals surface area contributed by atoms with Crippen molar-refractivity contribution in [3.63, 3.8) is 0 Å². The zero-order valence-electron chi connectivity index (χ0n) is 42.7. The number of benzene rings is 7. The van der Waals surface area contributed by atoms with E-state index in [-0.39, 0.29) is 13.4 Å². The van der Waals surface area contributed by atoms with Crippen LogP contribution in [-0.4, -0.2) is 21.5 Å². The second-order valence-electron chi connectivity index (χ2n) is 22.0. The topological polar surface area (TPSA) is 3.24 Å². The number of hydrogen-bond acceptors (Lipinski definition) is 1. The average molecular weight is 902 g/mol. The minimum atomic E-state index is -2.17. The molecule has 7 aromatic rings. The maximum Gasteiger partial charge on any atom is 0.240 e. The molecular formula is C64H69B2NSi. The van der Waals surface area contributed by atoms with Crippen LogP contribution >= 0.6 is 0 Å². The first-order valence-corrected chi connectivity index (χ1v) is 27.9. The van der Waals surface area contributed by atoms with Crippen molar-refractivity contribution in [3.05, 3.63) is 196 Å². The lowest BCUT2D eigenvalue weighted by molar-refractivity contribution is 0.812. The SMILES string of the molecule is CC(C)c1cc(C(C)C)c(B2c3ccccc3B(c3c(C(C)C)cc(C(C)C)cc3C(C)C)c3cc(-c4ccc(N5c6ccccc6[Si]6(C=CC=C6)c6ccccc65)cc4)ccc32)c(C(C)C)c1. The zero-order valence-corrected chi connectivity index (χ0v) is 43.7. The molecule has 340 valence electrons. The lowest BCUT2D eigenvalue weighted by Crippen LogP contribution is -2.76. The van der Waals surface area contributed by atoms with E-state index in [1.54, 1.807) is 0 Å². The van der Waals surface area contributed by atoms with E-state index in [4.69, 9.17) is 0 Å². The molecule has 0 radical (unpaired) electrons. The molecule has 0 N–H and O–H groups in total. The molecule has 3 heterocycles. The molecule has 3 aliphatic heterocycles. The molecule has 3 aliphatic rings. The third-order valence-electron chi connectivity index (χ3n) is 15.7. The summed E-state index contributed by atoms with van der Waals surface area (Å²) in [4.78, 5) is 2.50. The van der Waals surface area contributed by atoms with Gasteiger partial charge < -0.3 is 4.90 Å². The predicted octanol–water partition coefficient (Wildman–Crippen LogP) is 12.0. The highest BCUT2D eigenvalue weighted by molar-refractivity contribution is 7.12. The standard InChI is InChI=1S/C64H69B2NSi/c1-40(2)48-35-51(42(5)6)63(52(36-48)43(7)8)65-55-21-13-14-22-56(55)66(64-53(44(9)10)37-49(41(3)4)38-54(64)45(11)12)58-39-47(29-32-57(58)65)46-27-30-50(31-28-46)67-59-23-15-17-25-61(59)68(33-19-20-34-68)62-26-18-16-24-60(62)67/h13-45H,1-12H3. The van der Waals surface area contributed by atoms with Gasteiger partial charge in [0.2, 0.25) is 13.4 Å². The highest BCUT2D eigenvalue weighted by Crippen LogP contribution is 2.40. The second kappa shape index (κ2) is 17.9. The molecule has 4 heteroatoms. The molecule has 0 saturated heterocycles. The van der Waals surface area contributed by atoms with E-state index in [1.165, 1.54) is 105 Å². The summed E-state index contributed by atoms with van der Waals surface area (Å²) in [5.74, 6) is 2.42. The van der Waals surface area contributed by atoms with Gasteiger partial charge in [-0.1, -0.05) is 255 Å². The number of para-hydroxylation sites is 2. The molecule has 1 spiro atoms. The van der Waals surface area contributed by atoms with Gasteiger partial charge in [-0.25, -0.2) is 0 Å². The molecule has 0 aromatic heterocycles. The van der Waals surface area contributed by atoms with Crippen molar-refractivity contribution in [1.82, 2.24) is 0 Å². The molecule has 68 heavy (non-hydrogen) atoms. The molecule has 7 aromatic carbocycles. The largest absolute Gasteiger partial charge is 0.311 e. The first kappa shape index (κ1) is 45.9. The number of fused-ring (bicyclic) bond motifs is 6. The summed E-state index contributed by atoms with van der Waals surface area (Å²) in [6, 6.07) is 55.0. The minimum Gasteiger partial charge on any atom is -0.311 e. The molecule has 10 rings (SSSR count). The van der Waals surface area contributed by atoms with Crippen LogP contribution in [0.4, 0.5) is 17.1 Å². The molecule has 0 amide bonds. The van der Waals surface area contributed by atoms with Crippen molar-refractivity contribution >= 4 is 81.7 Å². The van der Waals surface area contributed by atoms with Gasteiger partial charge in [0, 0.05) is 17.1 Å². The molecule has 0 saturated carbocycles. The normalized spacial score (nSPS) is 14.6. The highest BCUT2D eigenvalue weighted by atomic mass is 28.3. The molecule has 0 fully saturated rings. The Labute approximate surface area is 410 Å². The monoisotopic (exact) mass is 902 g/mol. The summed E-state index contributed by atoms with van der Waals surface area (Å²) in [5.41, 5.74) is 28.9. The summed E-state index contributed by atoms with van der Waals surface area (Å²) in [7, 11) is -2.17. The number of hydrogen-bond donors (Lipinski definition) is 0. The van der Waals surface area contributed by atoms with Crippen LogP contribution in [0.2, 0.25) is 0 Å². The van der Waals surface area contributed by atoms with Gasteiger partial charge in [-0.15, -0.1) is 0 Å². The van der Waals surface area contributed by atoms with E-state index in [1.807, 2.05) is 0 Å². The maximum absolute atomic E-state index is 2.61. The summed E-state index contributed by atoms with van der Waals surface area (Å²) in [6.45, 7) is 28.9. The van der Waals surface area contributed by atoms with Gasteiger partial charge in [-0.05, 0) is 115 Å². The number of anilines is 3. The Kier molecular flexibility index (Phi) is 12.1. The Bertz CT molecular complexity index is 2990. The van der Waals surface area contributed by atoms with Crippen LogP contribution in [0.1, 0.15) is 152 Å². The van der Waals surface area contributed by atoms with Gasteiger partial charge in [0.25, 0.3) is 0 Å².